The van der Waals surface area contributed by atoms with Gasteiger partial charge in [0, 0.05) is 24.3 Å². The molecular weight excluding hydrogens is 342 g/mol. The normalized spacial score (nSPS) is 14.7. The van der Waals surface area contributed by atoms with Crippen LogP contribution in [0.4, 0.5) is 0 Å². The second-order valence-electron chi connectivity index (χ2n) is 6.72. The lowest BCUT2D eigenvalue weighted by molar-refractivity contribution is 0.0368. The Morgan fingerprint density at radius 2 is 1.96 bits per heavy atom. The van der Waals surface area contributed by atoms with E-state index in [0.717, 1.165) is 62.7 Å². The Kier molecular flexibility index (Phi) is 6.64. The zero-order chi connectivity index (χ0) is 19.1. The van der Waals surface area contributed by atoms with E-state index in [0.29, 0.717) is 12.2 Å². The summed E-state index contributed by atoms with van der Waals surface area (Å²) in [5.41, 5.74) is 2.00. The van der Waals surface area contributed by atoms with Crippen molar-refractivity contribution in [3.05, 3.63) is 51.9 Å². The van der Waals surface area contributed by atoms with Gasteiger partial charge in [-0.25, -0.2) is 0 Å². The van der Waals surface area contributed by atoms with Crippen molar-refractivity contribution in [2.75, 3.05) is 39.5 Å². The SMILES string of the molecule is Cc1cc(-c2ccc(OCCCCN3CCOCC3)cc2)c(C#N)c(=O)[nH]1. The maximum absolute atomic E-state index is 11.9. The molecule has 0 radical (unpaired) electrons. The molecule has 0 unspecified atom stereocenters. The van der Waals surface area contributed by atoms with E-state index in [1.807, 2.05) is 36.4 Å². The molecule has 0 aliphatic carbocycles. The molecule has 1 aromatic heterocycles. The molecule has 1 fully saturated rings. The van der Waals surface area contributed by atoms with Crippen LogP contribution in [0.1, 0.15) is 24.1 Å². The molecule has 0 amide bonds. The van der Waals surface area contributed by atoms with Crippen molar-refractivity contribution in [3.8, 4) is 22.9 Å². The number of nitrogens with zero attached hydrogens (tertiary/aromatic N) is 2. The quantitative estimate of drug-likeness (QED) is 0.761. The predicted molar refractivity (Wildman–Crippen MR) is 104 cm³/mol. The van der Waals surface area contributed by atoms with Gasteiger partial charge in [-0.1, -0.05) is 12.1 Å². The highest BCUT2D eigenvalue weighted by Gasteiger charge is 2.11. The van der Waals surface area contributed by atoms with Crippen LogP contribution in [0.2, 0.25) is 0 Å². The molecule has 1 saturated heterocycles. The number of pyridine rings is 1. The second kappa shape index (κ2) is 9.36. The lowest BCUT2D eigenvalue weighted by Gasteiger charge is -2.26. The fraction of sp³-hybridized carbons (Fsp3) is 0.429. The topological polar surface area (TPSA) is 78.3 Å². The van der Waals surface area contributed by atoms with Gasteiger partial charge in [0.2, 0.25) is 0 Å². The Labute approximate surface area is 159 Å². The predicted octanol–water partition coefficient (Wildman–Crippen LogP) is 2.71. The van der Waals surface area contributed by atoms with Crippen LogP contribution in [0.15, 0.2) is 35.1 Å². The van der Waals surface area contributed by atoms with Gasteiger partial charge in [0.1, 0.15) is 17.4 Å². The molecule has 27 heavy (non-hydrogen) atoms. The fourth-order valence-electron chi connectivity index (χ4n) is 3.21. The molecule has 3 rings (SSSR count). The number of unbranched alkanes of at least 4 members (excludes halogenated alkanes) is 1. The van der Waals surface area contributed by atoms with Gasteiger partial charge in [-0.2, -0.15) is 5.26 Å². The van der Waals surface area contributed by atoms with Crippen LogP contribution in [-0.4, -0.2) is 49.3 Å². The molecule has 2 heterocycles. The number of benzene rings is 1. The number of rotatable bonds is 7. The molecule has 0 atom stereocenters. The molecule has 6 heteroatoms. The second-order valence-corrected chi connectivity index (χ2v) is 6.72. The van der Waals surface area contributed by atoms with Crippen LogP contribution in [0.5, 0.6) is 5.75 Å². The molecule has 1 aliphatic rings. The molecule has 1 aliphatic heterocycles. The third-order valence-corrected chi connectivity index (χ3v) is 4.69. The number of hydrogen-bond donors (Lipinski definition) is 1. The molecule has 1 N–H and O–H groups in total. The molecule has 2 aromatic rings. The highest BCUT2D eigenvalue weighted by atomic mass is 16.5. The standard InChI is InChI=1S/C21H25N3O3/c1-16-14-19(20(15-22)21(25)23-16)17-4-6-18(7-5-17)27-11-3-2-8-24-9-12-26-13-10-24/h4-7,14H,2-3,8-13H2,1H3,(H,23,25). The van der Waals surface area contributed by atoms with E-state index in [1.54, 1.807) is 6.92 Å². The number of ether oxygens (including phenoxy) is 2. The van der Waals surface area contributed by atoms with Crippen LogP contribution in [0, 0.1) is 18.3 Å². The van der Waals surface area contributed by atoms with E-state index < -0.39 is 0 Å². The largest absolute Gasteiger partial charge is 0.494 e. The number of aryl methyl sites for hydroxylation is 1. The first kappa shape index (κ1) is 19.2. The van der Waals surface area contributed by atoms with Crippen molar-refractivity contribution in [1.82, 2.24) is 9.88 Å². The van der Waals surface area contributed by atoms with E-state index in [4.69, 9.17) is 9.47 Å². The van der Waals surface area contributed by atoms with Gasteiger partial charge >= 0.3 is 0 Å². The molecule has 0 spiro atoms. The van der Waals surface area contributed by atoms with Crippen molar-refractivity contribution in [3.63, 3.8) is 0 Å². The number of aromatic nitrogens is 1. The minimum atomic E-state index is -0.354. The summed E-state index contributed by atoms with van der Waals surface area (Å²) in [5.74, 6) is 0.796. The van der Waals surface area contributed by atoms with E-state index in [9.17, 15) is 10.1 Å². The molecule has 142 valence electrons. The summed E-state index contributed by atoms with van der Waals surface area (Å²) in [4.78, 5) is 17.0. The molecule has 1 aromatic carbocycles. The van der Waals surface area contributed by atoms with Gasteiger partial charge < -0.3 is 14.5 Å². The molecule has 6 nitrogen and oxygen atoms in total. The van der Waals surface area contributed by atoms with Gasteiger partial charge in [0.25, 0.3) is 5.56 Å². The number of nitriles is 1. The summed E-state index contributed by atoms with van der Waals surface area (Å²) in [5, 5.41) is 9.26. The number of morpholine rings is 1. The highest BCUT2D eigenvalue weighted by molar-refractivity contribution is 5.70. The maximum Gasteiger partial charge on any atom is 0.266 e. The number of aromatic amines is 1. The minimum absolute atomic E-state index is 0.136. The van der Waals surface area contributed by atoms with Gasteiger partial charge in [-0.15, -0.1) is 0 Å². The molecule has 0 saturated carbocycles. The van der Waals surface area contributed by atoms with Crippen LogP contribution in [0.25, 0.3) is 11.1 Å². The Bertz CT molecular complexity index is 846. The Hall–Kier alpha value is -2.62. The Morgan fingerprint density at radius 3 is 2.67 bits per heavy atom. The maximum atomic E-state index is 11.9. The number of hydrogen-bond acceptors (Lipinski definition) is 5. The zero-order valence-corrected chi connectivity index (χ0v) is 15.7. The summed E-state index contributed by atoms with van der Waals surface area (Å²) < 4.78 is 11.2. The van der Waals surface area contributed by atoms with Gasteiger partial charge in [0.05, 0.1) is 19.8 Å². The lowest BCUT2D eigenvalue weighted by atomic mass is 10.0. The fourth-order valence-corrected chi connectivity index (χ4v) is 3.21. The lowest BCUT2D eigenvalue weighted by Crippen LogP contribution is -2.36. The average molecular weight is 367 g/mol. The van der Waals surface area contributed by atoms with Crippen LogP contribution >= 0.6 is 0 Å². The number of H-pyrrole nitrogens is 1. The van der Waals surface area contributed by atoms with Crippen molar-refractivity contribution < 1.29 is 9.47 Å². The van der Waals surface area contributed by atoms with Crippen LogP contribution < -0.4 is 10.3 Å². The molecular formula is C21H25N3O3. The first-order valence-electron chi connectivity index (χ1n) is 9.35. The third kappa shape index (κ3) is 5.19. The van der Waals surface area contributed by atoms with Gasteiger partial charge in [-0.3, -0.25) is 9.69 Å². The van der Waals surface area contributed by atoms with E-state index in [2.05, 4.69) is 9.88 Å². The van der Waals surface area contributed by atoms with Crippen molar-refractivity contribution in [2.24, 2.45) is 0 Å². The molecule has 0 bridgehead atoms. The minimum Gasteiger partial charge on any atom is -0.494 e. The van der Waals surface area contributed by atoms with Crippen LogP contribution in [-0.2, 0) is 4.74 Å². The van der Waals surface area contributed by atoms with Crippen molar-refractivity contribution >= 4 is 0 Å². The zero-order valence-electron chi connectivity index (χ0n) is 15.7. The van der Waals surface area contributed by atoms with E-state index >= 15 is 0 Å². The van der Waals surface area contributed by atoms with E-state index in [-0.39, 0.29) is 11.1 Å². The summed E-state index contributed by atoms with van der Waals surface area (Å²) in [7, 11) is 0. The highest BCUT2D eigenvalue weighted by Crippen LogP contribution is 2.24. The third-order valence-electron chi connectivity index (χ3n) is 4.69. The summed E-state index contributed by atoms with van der Waals surface area (Å²) in [6.07, 6.45) is 2.11. The first-order chi connectivity index (χ1) is 13.2. The smallest absolute Gasteiger partial charge is 0.266 e. The summed E-state index contributed by atoms with van der Waals surface area (Å²) >= 11 is 0. The van der Waals surface area contributed by atoms with Crippen molar-refractivity contribution in [1.29, 1.82) is 5.26 Å². The first-order valence-corrected chi connectivity index (χ1v) is 9.35. The van der Waals surface area contributed by atoms with Gasteiger partial charge in [-0.05, 0) is 50.1 Å². The van der Waals surface area contributed by atoms with Crippen molar-refractivity contribution in [2.45, 2.75) is 19.8 Å². The summed E-state index contributed by atoms with van der Waals surface area (Å²) in [6, 6.07) is 11.4. The average Bonchev–Trinajstić information content (AvgIpc) is 2.68. The van der Waals surface area contributed by atoms with Crippen LogP contribution in [0.3, 0.4) is 0 Å². The Morgan fingerprint density at radius 1 is 1.22 bits per heavy atom. The summed E-state index contributed by atoms with van der Waals surface area (Å²) in [6.45, 7) is 7.29. The monoisotopic (exact) mass is 367 g/mol. The Balaban J connectivity index is 1.52. The number of nitrogens with one attached hydrogen (secondary N) is 1. The van der Waals surface area contributed by atoms with Gasteiger partial charge in [0.15, 0.2) is 0 Å². The van der Waals surface area contributed by atoms with E-state index in [1.165, 1.54) is 0 Å².